The maximum absolute atomic E-state index is 12.2. The molecule has 138 valence electrons. The Balaban J connectivity index is 2.17. The number of esters is 1. The first-order valence-electron chi connectivity index (χ1n) is 8.11. The van der Waals surface area contributed by atoms with Crippen molar-refractivity contribution in [1.29, 1.82) is 0 Å². The van der Waals surface area contributed by atoms with Crippen LogP contribution in [0, 0.1) is 0 Å². The van der Waals surface area contributed by atoms with Crippen molar-refractivity contribution >= 4 is 11.7 Å². The first kappa shape index (κ1) is 18.2. The summed E-state index contributed by atoms with van der Waals surface area (Å²) in [6.07, 6.45) is 1.59. The number of hydrogen-bond acceptors (Lipinski definition) is 7. The van der Waals surface area contributed by atoms with Crippen LogP contribution in [0.15, 0.2) is 48.7 Å². The zero-order valence-corrected chi connectivity index (χ0v) is 15.2. The molecule has 0 saturated heterocycles. The van der Waals surface area contributed by atoms with E-state index in [9.17, 15) is 4.79 Å². The van der Waals surface area contributed by atoms with E-state index in [0.29, 0.717) is 22.8 Å². The van der Waals surface area contributed by atoms with Gasteiger partial charge in [-0.3, -0.25) is 0 Å². The van der Waals surface area contributed by atoms with Crippen LogP contribution in [0.5, 0.6) is 11.6 Å². The molecule has 0 aliphatic rings. The van der Waals surface area contributed by atoms with Gasteiger partial charge in [-0.05, 0) is 36.4 Å². The lowest BCUT2D eigenvalue weighted by atomic mass is 10.0. The predicted molar refractivity (Wildman–Crippen MR) is 102 cm³/mol. The summed E-state index contributed by atoms with van der Waals surface area (Å²) in [4.78, 5) is 21.0. The Bertz CT molecular complexity index is 954. The third kappa shape index (κ3) is 3.67. The highest BCUT2D eigenvalue weighted by Crippen LogP contribution is 2.32. The standard InChI is InChI=1S/C20H19N3O4/c1-25-14-7-4-12(5-8-14)16-10-15(20(24)27-3)18(21)19(23-16)13-6-9-17(26-2)22-11-13/h4-11H,21H2,1-3H3. The molecular weight excluding hydrogens is 346 g/mol. The SMILES string of the molecule is COC(=O)c1cc(-c2ccc(OC)cc2)nc(-c2ccc(OC)nc2)c1N. The van der Waals surface area contributed by atoms with E-state index >= 15 is 0 Å². The van der Waals surface area contributed by atoms with Crippen molar-refractivity contribution in [3.8, 4) is 34.1 Å². The number of nitrogen functional groups attached to an aromatic ring is 1. The summed E-state index contributed by atoms with van der Waals surface area (Å²) >= 11 is 0. The molecule has 0 aliphatic heterocycles. The van der Waals surface area contributed by atoms with Crippen molar-refractivity contribution in [2.75, 3.05) is 27.1 Å². The summed E-state index contributed by atoms with van der Waals surface area (Å²) in [7, 11) is 4.44. The van der Waals surface area contributed by atoms with Crippen LogP contribution in [0.2, 0.25) is 0 Å². The van der Waals surface area contributed by atoms with Crippen LogP contribution in [0.1, 0.15) is 10.4 Å². The third-order valence-corrected chi connectivity index (χ3v) is 4.07. The maximum atomic E-state index is 12.2. The monoisotopic (exact) mass is 365 g/mol. The number of anilines is 1. The van der Waals surface area contributed by atoms with Crippen molar-refractivity contribution in [1.82, 2.24) is 9.97 Å². The molecule has 27 heavy (non-hydrogen) atoms. The number of rotatable bonds is 5. The lowest BCUT2D eigenvalue weighted by molar-refractivity contribution is 0.0602. The van der Waals surface area contributed by atoms with E-state index in [-0.39, 0.29) is 11.3 Å². The summed E-state index contributed by atoms with van der Waals surface area (Å²) in [5.41, 5.74) is 9.18. The molecule has 0 unspecified atom stereocenters. The van der Waals surface area contributed by atoms with Crippen LogP contribution in [0.3, 0.4) is 0 Å². The van der Waals surface area contributed by atoms with Gasteiger partial charge in [0.25, 0.3) is 0 Å². The van der Waals surface area contributed by atoms with Crippen LogP contribution in [-0.4, -0.2) is 37.3 Å². The van der Waals surface area contributed by atoms with Crippen LogP contribution in [0.4, 0.5) is 5.69 Å². The van der Waals surface area contributed by atoms with Gasteiger partial charge in [-0.1, -0.05) is 0 Å². The lowest BCUT2D eigenvalue weighted by Gasteiger charge is -2.13. The van der Waals surface area contributed by atoms with Gasteiger partial charge in [0.15, 0.2) is 0 Å². The van der Waals surface area contributed by atoms with Gasteiger partial charge >= 0.3 is 5.97 Å². The van der Waals surface area contributed by atoms with Gasteiger partial charge in [-0.15, -0.1) is 0 Å². The van der Waals surface area contributed by atoms with E-state index in [2.05, 4.69) is 9.97 Å². The first-order valence-corrected chi connectivity index (χ1v) is 8.11. The number of carbonyl (C=O) groups excluding carboxylic acids is 1. The molecule has 2 aromatic heterocycles. The fourth-order valence-electron chi connectivity index (χ4n) is 2.60. The molecule has 3 rings (SSSR count). The predicted octanol–water partition coefficient (Wildman–Crippen LogP) is 3.20. The minimum atomic E-state index is -0.535. The molecule has 0 atom stereocenters. The van der Waals surface area contributed by atoms with Gasteiger partial charge in [0, 0.05) is 23.4 Å². The molecular formula is C20H19N3O4. The normalized spacial score (nSPS) is 10.3. The van der Waals surface area contributed by atoms with E-state index in [1.54, 1.807) is 31.5 Å². The molecule has 0 aliphatic carbocycles. The smallest absolute Gasteiger partial charge is 0.340 e. The number of pyridine rings is 2. The fourth-order valence-corrected chi connectivity index (χ4v) is 2.60. The van der Waals surface area contributed by atoms with Crippen molar-refractivity contribution in [3.05, 3.63) is 54.2 Å². The topological polar surface area (TPSA) is 96.6 Å². The van der Waals surface area contributed by atoms with E-state index < -0.39 is 5.97 Å². The number of hydrogen-bond donors (Lipinski definition) is 1. The van der Waals surface area contributed by atoms with Gasteiger partial charge in [-0.25, -0.2) is 14.8 Å². The van der Waals surface area contributed by atoms with Crippen molar-refractivity contribution in [2.24, 2.45) is 0 Å². The number of aromatic nitrogens is 2. The minimum absolute atomic E-state index is 0.228. The van der Waals surface area contributed by atoms with E-state index in [1.165, 1.54) is 14.2 Å². The van der Waals surface area contributed by atoms with Crippen LogP contribution in [-0.2, 0) is 4.74 Å². The molecule has 0 bridgehead atoms. The number of carbonyl (C=O) groups is 1. The quantitative estimate of drug-likeness (QED) is 0.694. The highest BCUT2D eigenvalue weighted by atomic mass is 16.5. The Morgan fingerprint density at radius 2 is 1.67 bits per heavy atom. The van der Waals surface area contributed by atoms with Gasteiger partial charge in [0.1, 0.15) is 5.75 Å². The first-order chi connectivity index (χ1) is 13.1. The Hall–Kier alpha value is -3.61. The van der Waals surface area contributed by atoms with Crippen molar-refractivity contribution in [2.45, 2.75) is 0 Å². The second-order valence-electron chi connectivity index (χ2n) is 5.63. The molecule has 1 aromatic carbocycles. The van der Waals surface area contributed by atoms with E-state index in [0.717, 1.165) is 11.3 Å². The highest BCUT2D eigenvalue weighted by molar-refractivity contribution is 5.99. The molecule has 2 heterocycles. The Morgan fingerprint density at radius 3 is 2.22 bits per heavy atom. The Labute approximate surface area is 156 Å². The van der Waals surface area contributed by atoms with Gasteiger partial charge < -0.3 is 19.9 Å². The highest BCUT2D eigenvalue weighted by Gasteiger charge is 2.19. The molecule has 3 aromatic rings. The molecule has 7 nitrogen and oxygen atoms in total. The second-order valence-corrected chi connectivity index (χ2v) is 5.63. The van der Waals surface area contributed by atoms with Crippen LogP contribution < -0.4 is 15.2 Å². The lowest BCUT2D eigenvalue weighted by Crippen LogP contribution is -2.09. The zero-order chi connectivity index (χ0) is 19.4. The summed E-state index contributed by atoms with van der Waals surface area (Å²) in [5, 5.41) is 0. The number of methoxy groups -OCH3 is 3. The molecule has 0 spiro atoms. The number of benzene rings is 1. The third-order valence-electron chi connectivity index (χ3n) is 4.07. The number of ether oxygens (including phenoxy) is 3. The van der Waals surface area contributed by atoms with Gasteiger partial charge in [-0.2, -0.15) is 0 Å². The summed E-state index contributed by atoms with van der Waals surface area (Å²) < 4.78 is 15.1. The summed E-state index contributed by atoms with van der Waals surface area (Å²) in [6, 6.07) is 12.4. The molecule has 0 fully saturated rings. The summed E-state index contributed by atoms with van der Waals surface area (Å²) in [6.45, 7) is 0. The summed E-state index contributed by atoms with van der Waals surface area (Å²) in [5.74, 6) is 0.658. The number of nitrogens with zero attached hydrogens (tertiary/aromatic N) is 2. The Morgan fingerprint density at radius 1 is 0.963 bits per heavy atom. The molecule has 0 saturated carbocycles. The molecule has 7 heteroatoms. The van der Waals surface area contributed by atoms with Gasteiger partial charge in [0.2, 0.25) is 5.88 Å². The molecule has 0 radical (unpaired) electrons. The Kier molecular flexibility index (Phi) is 5.21. The fraction of sp³-hybridized carbons (Fsp3) is 0.150. The van der Waals surface area contributed by atoms with Crippen molar-refractivity contribution in [3.63, 3.8) is 0 Å². The van der Waals surface area contributed by atoms with Gasteiger partial charge in [0.05, 0.1) is 44.0 Å². The largest absolute Gasteiger partial charge is 0.497 e. The molecule has 0 amide bonds. The number of nitrogens with two attached hydrogens (primary N) is 1. The van der Waals surface area contributed by atoms with Crippen LogP contribution >= 0.6 is 0 Å². The minimum Gasteiger partial charge on any atom is -0.497 e. The van der Waals surface area contributed by atoms with E-state index in [4.69, 9.17) is 19.9 Å². The molecule has 2 N–H and O–H groups in total. The average molecular weight is 365 g/mol. The van der Waals surface area contributed by atoms with Crippen LogP contribution in [0.25, 0.3) is 22.5 Å². The maximum Gasteiger partial charge on any atom is 0.340 e. The average Bonchev–Trinajstić information content (AvgIpc) is 2.73. The van der Waals surface area contributed by atoms with Crippen molar-refractivity contribution < 1.29 is 19.0 Å². The van der Waals surface area contributed by atoms with E-state index in [1.807, 2.05) is 24.3 Å². The second kappa shape index (κ2) is 7.74. The zero-order valence-electron chi connectivity index (χ0n) is 15.2.